The fourth-order valence-corrected chi connectivity index (χ4v) is 5.33. The van der Waals surface area contributed by atoms with Gasteiger partial charge in [-0.05, 0) is 48.9 Å². The van der Waals surface area contributed by atoms with Crippen molar-refractivity contribution in [2.45, 2.75) is 69.1 Å². The van der Waals surface area contributed by atoms with Gasteiger partial charge in [-0.1, -0.05) is 42.5 Å². The van der Waals surface area contributed by atoms with E-state index in [4.69, 9.17) is 22.9 Å². The Labute approximate surface area is 267 Å². The number of likely N-dealkylation sites (tertiary alicyclic amines) is 1. The van der Waals surface area contributed by atoms with Crippen molar-refractivity contribution in [2.75, 3.05) is 13.1 Å². The smallest absolute Gasteiger partial charge is 0.305 e. The van der Waals surface area contributed by atoms with E-state index in [2.05, 4.69) is 20.6 Å². The largest absolute Gasteiger partial charge is 0.508 e. The number of amides is 3. The third-order valence-electron chi connectivity index (χ3n) is 7.52. The van der Waals surface area contributed by atoms with Crippen LogP contribution in [0.5, 0.6) is 5.75 Å². The molecule has 12 N–H and O–H groups in total. The molecule has 15 nitrogen and oxygen atoms in total. The summed E-state index contributed by atoms with van der Waals surface area (Å²) in [7, 11) is 0. The van der Waals surface area contributed by atoms with Gasteiger partial charge in [0.2, 0.25) is 17.7 Å². The van der Waals surface area contributed by atoms with Gasteiger partial charge in [0.1, 0.15) is 23.9 Å². The van der Waals surface area contributed by atoms with E-state index in [-0.39, 0.29) is 49.9 Å². The van der Waals surface area contributed by atoms with E-state index in [1.54, 1.807) is 12.1 Å². The van der Waals surface area contributed by atoms with E-state index in [1.165, 1.54) is 17.0 Å². The lowest BCUT2D eigenvalue weighted by atomic mass is 10.0. The molecular formula is C31H43N9O6. The molecule has 0 unspecified atom stereocenters. The zero-order valence-corrected chi connectivity index (χ0v) is 25.5. The Morgan fingerprint density at radius 2 is 1.52 bits per heavy atom. The number of phenolic OH excluding ortho intramolecular Hbond substituents is 1. The number of carboxylic acids is 1. The van der Waals surface area contributed by atoms with Crippen LogP contribution in [0.25, 0.3) is 0 Å². The van der Waals surface area contributed by atoms with Crippen LogP contribution in [-0.4, -0.2) is 88.0 Å². The molecule has 0 aromatic heterocycles. The highest BCUT2D eigenvalue weighted by Gasteiger charge is 2.36. The monoisotopic (exact) mass is 637 g/mol. The number of guanidine groups is 2. The van der Waals surface area contributed by atoms with Crippen molar-refractivity contribution in [3.8, 4) is 5.75 Å². The normalized spacial score (nSPS) is 16.0. The number of nitrogens with zero attached hydrogens (tertiary/aromatic N) is 3. The van der Waals surface area contributed by atoms with Gasteiger partial charge in [0, 0.05) is 32.0 Å². The summed E-state index contributed by atoms with van der Waals surface area (Å²) >= 11 is 0. The van der Waals surface area contributed by atoms with E-state index >= 15 is 0 Å². The molecule has 3 rings (SSSR count). The molecule has 1 heterocycles. The van der Waals surface area contributed by atoms with Crippen LogP contribution in [0.15, 0.2) is 64.6 Å². The Morgan fingerprint density at radius 3 is 2.15 bits per heavy atom. The minimum Gasteiger partial charge on any atom is -0.508 e. The second kappa shape index (κ2) is 17.2. The number of nitrogens with two attached hydrogens (primary N) is 4. The number of carboxylic acid groups (broad SMARTS) is 1. The summed E-state index contributed by atoms with van der Waals surface area (Å²) < 4.78 is 0. The summed E-state index contributed by atoms with van der Waals surface area (Å²) in [6.45, 7) is 0.553. The van der Waals surface area contributed by atoms with Gasteiger partial charge in [-0.2, -0.15) is 0 Å². The number of carbonyl (C=O) groups excluding carboxylic acids is 3. The Hall–Kier alpha value is -5.34. The highest BCUT2D eigenvalue weighted by molar-refractivity contribution is 5.94. The SMILES string of the molecule is NC(N)=NCCC[C@@H](NC(=O)[C@H](Cc1ccc(O)cc1)N=C(N)N)C(=O)N[C@@H](Cc1ccccc1)C(=O)N1CCC[C@H]1CC(=O)O. The summed E-state index contributed by atoms with van der Waals surface area (Å²) in [6, 6.07) is 11.5. The molecule has 15 heteroatoms. The molecule has 4 atom stereocenters. The maximum atomic E-state index is 13.8. The van der Waals surface area contributed by atoms with Gasteiger partial charge in [-0.3, -0.25) is 24.2 Å². The molecule has 1 saturated heterocycles. The predicted octanol–water partition coefficient (Wildman–Crippen LogP) is -0.692. The van der Waals surface area contributed by atoms with Crippen LogP contribution in [0.2, 0.25) is 0 Å². The molecule has 2 aromatic carbocycles. The first-order valence-corrected chi connectivity index (χ1v) is 15.0. The minimum absolute atomic E-state index is 0.0481. The van der Waals surface area contributed by atoms with Crippen LogP contribution in [0.3, 0.4) is 0 Å². The zero-order chi connectivity index (χ0) is 33.6. The lowest BCUT2D eigenvalue weighted by Gasteiger charge is -2.30. The number of aliphatic carboxylic acids is 1. The lowest BCUT2D eigenvalue weighted by Crippen LogP contribution is -2.56. The lowest BCUT2D eigenvalue weighted by molar-refractivity contribution is -0.141. The second-order valence-electron chi connectivity index (χ2n) is 11.1. The minimum atomic E-state index is -1.13. The molecule has 2 aromatic rings. The van der Waals surface area contributed by atoms with Crippen LogP contribution in [0.4, 0.5) is 0 Å². The molecular weight excluding hydrogens is 594 g/mol. The molecule has 0 spiro atoms. The van der Waals surface area contributed by atoms with Crippen molar-refractivity contribution in [3.05, 3.63) is 65.7 Å². The van der Waals surface area contributed by atoms with Gasteiger partial charge in [-0.25, -0.2) is 4.99 Å². The predicted molar refractivity (Wildman–Crippen MR) is 172 cm³/mol. The van der Waals surface area contributed by atoms with Crippen LogP contribution >= 0.6 is 0 Å². The quantitative estimate of drug-likeness (QED) is 0.0652. The molecule has 1 aliphatic rings. The van der Waals surface area contributed by atoms with Crippen molar-refractivity contribution in [2.24, 2.45) is 32.9 Å². The van der Waals surface area contributed by atoms with E-state index in [0.717, 1.165) is 5.56 Å². The first-order valence-electron chi connectivity index (χ1n) is 15.0. The van der Waals surface area contributed by atoms with Crippen molar-refractivity contribution in [1.82, 2.24) is 15.5 Å². The molecule has 1 fully saturated rings. The number of aromatic hydroxyl groups is 1. The molecule has 0 bridgehead atoms. The number of aliphatic imine (C=N–C) groups is 2. The van der Waals surface area contributed by atoms with E-state index in [9.17, 15) is 29.4 Å². The number of carbonyl (C=O) groups is 4. The second-order valence-corrected chi connectivity index (χ2v) is 11.1. The average molecular weight is 638 g/mol. The molecule has 46 heavy (non-hydrogen) atoms. The van der Waals surface area contributed by atoms with Crippen molar-refractivity contribution >= 4 is 35.6 Å². The standard InChI is InChI=1S/C31H43N9O6/c32-30(33)36-14-4-9-23(37-28(45)24(39-31(34)35)16-20-10-12-22(41)13-11-20)27(44)38-25(17-19-6-2-1-3-7-19)29(46)40-15-5-8-21(40)18-26(42)43/h1-3,6-7,10-13,21,23-25,41H,4-5,8-9,14-18H2,(H,37,45)(H,38,44)(H,42,43)(H4,32,33,36)(H4,34,35,39)/t21-,23+,24-,25-/m0/s1. The molecule has 0 radical (unpaired) electrons. The summed E-state index contributed by atoms with van der Waals surface area (Å²) in [5, 5.41) is 24.5. The van der Waals surface area contributed by atoms with E-state index < -0.39 is 47.9 Å². The fourth-order valence-electron chi connectivity index (χ4n) is 5.33. The Bertz CT molecular complexity index is 1390. The molecule has 0 aliphatic carbocycles. The highest BCUT2D eigenvalue weighted by Crippen LogP contribution is 2.22. The van der Waals surface area contributed by atoms with Gasteiger partial charge in [0.05, 0.1) is 6.42 Å². The number of rotatable bonds is 16. The summed E-state index contributed by atoms with van der Waals surface area (Å²) in [5.41, 5.74) is 23.5. The zero-order valence-electron chi connectivity index (χ0n) is 25.5. The summed E-state index contributed by atoms with van der Waals surface area (Å²) in [6.07, 6.45) is 1.63. The van der Waals surface area contributed by atoms with Gasteiger partial charge >= 0.3 is 5.97 Å². The van der Waals surface area contributed by atoms with E-state index in [0.29, 0.717) is 31.4 Å². The van der Waals surface area contributed by atoms with Crippen LogP contribution < -0.4 is 33.6 Å². The topological polar surface area (TPSA) is 265 Å². The number of benzene rings is 2. The molecule has 248 valence electrons. The number of hydrogen-bond donors (Lipinski definition) is 8. The maximum absolute atomic E-state index is 13.8. The molecule has 1 aliphatic heterocycles. The maximum Gasteiger partial charge on any atom is 0.305 e. The Morgan fingerprint density at radius 1 is 0.870 bits per heavy atom. The third-order valence-corrected chi connectivity index (χ3v) is 7.52. The van der Waals surface area contributed by atoms with Crippen molar-refractivity contribution < 1.29 is 29.4 Å². The van der Waals surface area contributed by atoms with Gasteiger partial charge in [0.15, 0.2) is 11.9 Å². The van der Waals surface area contributed by atoms with Crippen LogP contribution in [0.1, 0.15) is 43.2 Å². The Kier molecular flexibility index (Phi) is 13.2. The van der Waals surface area contributed by atoms with Crippen molar-refractivity contribution in [3.63, 3.8) is 0 Å². The molecule has 3 amide bonds. The summed E-state index contributed by atoms with van der Waals surface area (Å²) in [4.78, 5) is 62.2. The van der Waals surface area contributed by atoms with Crippen LogP contribution in [-0.2, 0) is 32.0 Å². The van der Waals surface area contributed by atoms with Crippen molar-refractivity contribution in [1.29, 1.82) is 0 Å². The third kappa shape index (κ3) is 11.3. The van der Waals surface area contributed by atoms with E-state index in [1.807, 2.05) is 30.3 Å². The fraction of sp³-hybridized carbons (Fsp3) is 0.419. The number of nitrogens with one attached hydrogen (secondary N) is 2. The average Bonchev–Trinajstić information content (AvgIpc) is 3.46. The summed E-state index contributed by atoms with van der Waals surface area (Å²) in [5.74, 6) is -3.10. The highest BCUT2D eigenvalue weighted by atomic mass is 16.4. The van der Waals surface area contributed by atoms with Gasteiger partial charge in [0.25, 0.3) is 0 Å². The Balaban J connectivity index is 1.86. The molecule has 0 saturated carbocycles. The number of hydrogen-bond acceptors (Lipinski definition) is 7. The van der Waals surface area contributed by atoms with Crippen LogP contribution in [0, 0.1) is 0 Å². The first kappa shape index (κ1) is 35.1. The first-order chi connectivity index (χ1) is 21.9. The number of phenols is 1. The van der Waals surface area contributed by atoms with Gasteiger partial charge < -0.3 is 48.7 Å². The van der Waals surface area contributed by atoms with Gasteiger partial charge in [-0.15, -0.1) is 0 Å².